The maximum Gasteiger partial charge on any atom is 0.306 e. The molecule has 2 rings (SSSR count). The van der Waals surface area contributed by atoms with Gasteiger partial charge in [-0.05, 0) is 50.6 Å². The summed E-state index contributed by atoms with van der Waals surface area (Å²) in [6.07, 6.45) is 1.52. The standard InChI is InChI=1S/C16H24N2O2/c1-12(13-4-6-15(7-5-13)17(2)3)18-10-8-14(9-11-18)16(19)20/h4-7,12,14H,8-11H2,1-3H3,(H,19,20). The van der Waals surface area contributed by atoms with Crippen molar-refractivity contribution in [3.63, 3.8) is 0 Å². The fraction of sp³-hybridized carbons (Fsp3) is 0.562. The minimum Gasteiger partial charge on any atom is -0.481 e. The van der Waals surface area contributed by atoms with Crippen LogP contribution in [0.15, 0.2) is 24.3 Å². The Labute approximate surface area is 121 Å². The molecule has 1 aromatic carbocycles. The second-order valence-corrected chi connectivity index (χ2v) is 5.81. The van der Waals surface area contributed by atoms with Gasteiger partial charge in [0.1, 0.15) is 0 Å². The third kappa shape index (κ3) is 3.31. The number of nitrogens with zero attached hydrogens (tertiary/aromatic N) is 2. The molecule has 1 aliphatic heterocycles. The van der Waals surface area contributed by atoms with Crippen molar-refractivity contribution in [3.8, 4) is 0 Å². The van der Waals surface area contributed by atoms with Gasteiger partial charge in [-0.15, -0.1) is 0 Å². The first-order valence-corrected chi connectivity index (χ1v) is 7.23. The van der Waals surface area contributed by atoms with Crippen LogP contribution in [0.25, 0.3) is 0 Å². The number of carbonyl (C=O) groups is 1. The summed E-state index contributed by atoms with van der Waals surface area (Å²) in [7, 11) is 4.07. The van der Waals surface area contributed by atoms with Gasteiger partial charge in [-0.3, -0.25) is 9.69 Å². The van der Waals surface area contributed by atoms with Crippen LogP contribution in [0.1, 0.15) is 31.4 Å². The highest BCUT2D eigenvalue weighted by Gasteiger charge is 2.27. The predicted octanol–water partition coefficient (Wildman–Crippen LogP) is 2.61. The van der Waals surface area contributed by atoms with Crippen LogP contribution >= 0.6 is 0 Å². The zero-order valence-corrected chi connectivity index (χ0v) is 12.5. The summed E-state index contributed by atoms with van der Waals surface area (Å²) in [6.45, 7) is 3.94. The first kappa shape index (κ1) is 14.9. The fourth-order valence-electron chi connectivity index (χ4n) is 2.80. The maximum absolute atomic E-state index is 11.0. The summed E-state index contributed by atoms with van der Waals surface area (Å²) in [5.41, 5.74) is 2.50. The van der Waals surface area contributed by atoms with Crippen molar-refractivity contribution in [3.05, 3.63) is 29.8 Å². The van der Waals surface area contributed by atoms with Crippen molar-refractivity contribution in [2.24, 2.45) is 5.92 Å². The lowest BCUT2D eigenvalue weighted by Gasteiger charge is -2.35. The molecule has 1 fully saturated rings. The van der Waals surface area contributed by atoms with E-state index in [0.29, 0.717) is 6.04 Å². The second kappa shape index (κ2) is 6.27. The number of hydrogen-bond donors (Lipinski definition) is 1. The summed E-state index contributed by atoms with van der Waals surface area (Å²) >= 11 is 0. The van der Waals surface area contributed by atoms with Crippen LogP contribution in [0.2, 0.25) is 0 Å². The van der Waals surface area contributed by atoms with E-state index in [1.54, 1.807) is 0 Å². The van der Waals surface area contributed by atoms with Crippen LogP contribution in [-0.2, 0) is 4.79 Å². The van der Waals surface area contributed by atoms with Gasteiger partial charge in [0.25, 0.3) is 0 Å². The highest BCUT2D eigenvalue weighted by Crippen LogP contribution is 2.27. The highest BCUT2D eigenvalue weighted by atomic mass is 16.4. The van der Waals surface area contributed by atoms with Crippen molar-refractivity contribution >= 4 is 11.7 Å². The van der Waals surface area contributed by atoms with Gasteiger partial charge in [-0.2, -0.15) is 0 Å². The molecule has 1 saturated heterocycles. The van der Waals surface area contributed by atoms with E-state index in [-0.39, 0.29) is 5.92 Å². The second-order valence-electron chi connectivity index (χ2n) is 5.81. The molecule has 0 spiro atoms. The van der Waals surface area contributed by atoms with E-state index in [0.717, 1.165) is 25.9 Å². The van der Waals surface area contributed by atoms with Gasteiger partial charge in [-0.1, -0.05) is 12.1 Å². The SMILES string of the molecule is CC(c1ccc(N(C)C)cc1)N1CCC(C(=O)O)CC1. The number of carboxylic acids is 1. The smallest absolute Gasteiger partial charge is 0.306 e. The zero-order valence-electron chi connectivity index (χ0n) is 12.5. The Bertz CT molecular complexity index is 448. The summed E-state index contributed by atoms with van der Waals surface area (Å²) in [6, 6.07) is 8.96. The number of piperidine rings is 1. The number of aliphatic carboxylic acids is 1. The third-order valence-corrected chi connectivity index (χ3v) is 4.32. The Hall–Kier alpha value is -1.55. The summed E-state index contributed by atoms with van der Waals surface area (Å²) in [5.74, 6) is -0.804. The monoisotopic (exact) mass is 276 g/mol. The average Bonchev–Trinajstić information content (AvgIpc) is 2.46. The molecule has 1 atom stereocenters. The van der Waals surface area contributed by atoms with E-state index >= 15 is 0 Å². The van der Waals surface area contributed by atoms with Gasteiger partial charge in [0, 0.05) is 25.8 Å². The van der Waals surface area contributed by atoms with Crippen molar-refractivity contribution < 1.29 is 9.90 Å². The molecule has 1 heterocycles. The van der Waals surface area contributed by atoms with E-state index < -0.39 is 5.97 Å². The molecule has 20 heavy (non-hydrogen) atoms. The normalized spacial score (nSPS) is 18.8. The minimum absolute atomic E-state index is 0.158. The van der Waals surface area contributed by atoms with Crippen molar-refractivity contribution in [1.82, 2.24) is 4.90 Å². The van der Waals surface area contributed by atoms with E-state index in [4.69, 9.17) is 5.11 Å². The first-order chi connectivity index (χ1) is 9.49. The van der Waals surface area contributed by atoms with Gasteiger partial charge < -0.3 is 10.0 Å². The van der Waals surface area contributed by atoms with Crippen LogP contribution in [0.5, 0.6) is 0 Å². The lowest BCUT2D eigenvalue weighted by atomic mass is 9.95. The quantitative estimate of drug-likeness (QED) is 0.918. The van der Waals surface area contributed by atoms with Crippen LogP contribution in [0, 0.1) is 5.92 Å². The number of likely N-dealkylation sites (tertiary alicyclic amines) is 1. The molecule has 1 aromatic rings. The summed E-state index contributed by atoms with van der Waals surface area (Å²) in [4.78, 5) is 15.4. The molecule has 110 valence electrons. The van der Waals surface area contributed by atoms with Crippen molar-refractivity contribution in [2.45, 2.75) is 25.8 Å². The molecule has 0 aliphatic carbocycles. The topological polar surface area (TPSA) is 43.8 Å². The molecule has 1 N–H and O–H groups in total. The van der Waals surface area contributed by atoms with Gasteiger partial charge in [0.05, 0.1) is 5.92 Å². The summed E-state index contributed by atoms with van der Waals surface area (Å²) in [5, 5.41) is 9.04. The number of anilines is 1. The fourth-order valence-corrected chi connectivity index (χ4v) is 2.80. The Kier molecular flexibility index (Phi) is 4.65. The molecule has 0 amide bonds. The van der Waals surface area contributed by atoms with E-state index in [2.05, 4.69) is 41.0 Å². The molecular formula is C16H24N2O2. The third-order valence-electron chi connectivity index (χ3n) is 4.32. The van der Waals surface area contributed by atoms with E-state index in [1.807, 2.05) is 14.1 Å². The largest absolute Gasteiger partial charge is 0.481 e. The van der Waals surface area contributed by atoms with Gasteiger partial charge in [-0.25, -0.2) is 0 Å². The average molecular weight is 276 g/mol. The van der Waals surface area contributed by atoms with Crippen LogP contribution in [-0.4, -0.2) is 43.2 Å². The minimum atomic E-state index is -0.646. The zero-order chi connectivity index (χ0) is 14.7. The van der Waals surface area contributed by atoms with Crippen molar-refractivity contribution in [1.29, 1.82) is 0 Å². The molecular weight excluding hydrogens is 252 g/mol. The molecule has 1 unspecified atom stereocenters. The van der Waals surface area contributed by atoms with Crippen LogP contribution in [0.3, 0.4) is 0 Å². The Morgan fingerprint density at radius 2 is 1.80 bits per heavy atom. The molecule has 4 nitrogen and oxygen atoms in total. The molecule has 0 saturated carbocycles. The number of benzene rings is 1. The van der Waals surface area contributed by atoms with Gasteiger partial charge in [0.2, 0.25) is 0 Å². The van der Waals surface area contributed by atoms with E-state index in [1.165, 1.54) is 11.3 Å². The molecule has 0 bridgehead atoms. The Morgan fingerprint density at radius 1 is 1.25 bits per heavy atom. The van der Waals surface area contributed by atoms with Crippen LogP contribution < -0.4 is 4.90 Å². The summed E-state index contributed by atoms with van der Waals surface area (Å²) < 4.78 is 0. The maximum atomic E-state index is 11.0. The lowest BCUT2D eigenvalue weighted by Crippen LogP contribution is -2.37. The highest BCUT2D eigenvalue weighted by molar-refractivity contribution is 5.70. The van der Waals surface area contributed by atoms with E-state index in [9.17, 15) is 4.79 Å². The Balaban J connectivity index is 1.98. The lowest BCUT2D eigenvalue weighted by molar-refractivity contribution is -0.143. The van der Waals surface area contributed by atoms with Crippen LogP contribution in [0.4, 0.5) is 5.69 Å². The molecule has 4 heteroatoms. The molecule has 1 aliphatic rings. The van der Waals surface area contributed by atoms with Gasteiger partial charge in [0.15, 0.2) is 0 Å². The molecule has 0 radical (unpaired) electrons. The van der Waals surface area contributed by atoms with Gasteiger partial charge >= 0.3 is 5.97 Å². The number of carboxylic acid groups (broad SMARTS) is 1. The first-order valence-electron chi connectivity index (χ1n) is 7.23. The predicted molar refractivity (Wildman–Crippen MR) is 81.1 cm³/mol. The Morgan fingerprint density at radius 3 is 2.25 bits per heavy atom. The number of hydrogen-bond acceptors (Lipinski definition) is 3. The van der Waals surface area contributed by atoms with Crippen molar-refractivity contribution in [2.75, 3.05) is 32.1 Å². The molecule has 0 aromatic heterocycles. The number of rotatable bonds is 4.